The average molecular weight is 526 g/mol. The molecule has 4 rings (SSSR count). The molecule has 1 saturated heterocycles. The van der Waals surface area contributed by atoms with E-state index in [1.807, 2.05) is 0 Å². The van der Waals surface area contributed by atoms with E-state index < -0.39 is 23.7 Å². The number of halogens is 2. The van der Waals surface area contributed by atoms with Crippen molar-refractivity contribution >= 4 is 52.3 Å². The third kappa shape index (κ3) is 4.80. The summed E-state index contributed by atoms with van der Waals surface area (Å²) >= 11 is 12.1. The maximum Gasteiger partial charge on any atom is 0.309 e. The first-order valence-electron chi connectivity index (χ1n) is 10.8. The van der Waals surface area contributed by atoms with E-state index in [4.69, 9.17) is 32.7 Å². The normalized spacial score (nSPS) is 16.8. The zero-order valence-corrected chi connectivity index (χ0v) is 20.8. The number of ketones is 1. The maximum atomic E-state index is 13.3. The Kier molecular flexibility index (Phi) is 7.33. The number of anilines is 1. The van der Waals surface area contributed by atoms with E-state index >= 15 is 0 Å². The SMILES string of the molecule is COC(=O)Cc1ccc(N2C(=O)C(=O)/C(=C(\O)c3ccc(Cl)c(Cl)c3)C2c2cccc(OC)c2)cc1. The zero-order valence-electron chi connectivity index (χ0n) is 19.3. The molecule has 0 spiro atoms. The van der Waals surface area contributed by atoms with Crippen molar-refractivity contribution in [3.8, 4) is 5.75 Å². The molecule has 1 amide bonds. The number of carbonyl (C=O) groups excluding carboxylic acids is 3. The van der Waals surface area contributed by atoms with Gasteiger partial charge in [0.2, 0.25) is 0 Å². The zero-order chi connectivity index (χ0) is 26.0. The van der Waals surface area contributed by atoms with E-state index in [1.165, 1.54) is 37.3 Å². The molecule has 1 aliphatic rings. The predicted octanol–water partition coefficient (Wildman–Crippen LogP) is 5.34. The molecule has 0 saturated carbocycles. The van der Waals surface area contributed by atoms with Gasteiger partial charge in [0, 0.05) is 11.3 Å². The molecule has 0 aromatic heterocycles. The number of carbonyl (C=O) groups is 3. The van der Waals surface area contributed by atoms with E-state index in [0.29, 0.717) is 22.6 Å². The number of methoxy groups -OCH3 is 2. The van der Waals surface area contributed by atoms with E-state index in [1.54, 1.807) is 48.5 Å². The van der Waals surface area contributed by atoms with E-state index in [9.17, 15) is 19.5 Å². The molecule has 1 N–H and O–H groups in total. The molecule has 36 heavy (non-hydrogen) atoms. The molecule has 1 atom stereocenters. The molecule has 3 aromatic carbocycles. The van der Waals surface area contributed by atoms with Crippen LogP contribution in [0.25, 0.3) is 5.76 Å². The first kappa shape index (κ1) is 25.3. The quantitative estimate of drug-likeness (QED) is 0.202. The number of nitrogens with zero attached hydrogens (tertiary/aromatic N) is 1. The third-order valence-electron chi connectivity index (χ3n) is 5.84. The number of amides is 1. The van der Waals surface area contributed by atoms with Crippen molar-refractivity contribution in [3.05, 3.63) is 99.0 Å². The van der Waals surface area contributed by atoms with Crippen molar-refractivity contribution in [1.29, 1.82) is 0 Å². The lowest BCUT2D eigenvalue weighted by Crippen LogP contribution is -2.29. The Hall–Kier alpha value is -3.81. The minimum Gasteiger partial charge on any atom is -0.507 e. The van der Waals surface area contributed by atoms with Crippen molar-refractivity contribution in [3.63, 3.8) is 0 Å². The number of hydrogen-bond donors (Lipinski definition) is 1. The van der Waals surface area contributed by atoms with Gasteiger partial charge in [-0.2, -0.15) is 0 Å². The van der Waals surface area contributed by atoms with Gasteiger partial charge in [-0.15, -0.1) is 0 Å². The summed E-state index contributed by atoms with van der Waals surface area (Å²) in [6.07, 6.45) is 0.0617. The van der Waals surface area contributed by atoms with Gasteiger partial charge < -0.3 is 14.6 Å². The second-order valence-corrected chi connectivity index (χ2v) is 8.81. The van der Waals surface area contributed by atoms with Gasteiger partial charge in [-0.3, -0.25) is 19.3 Å². The molecule has 0 bridgehead atoms. The summed E-state index contributed by atoms with van der Waals surface area (Å²) in [5.41, 5.74) is 1.77. The summed E-state index contributed by atoms with van der Waals surface area (Å²) in [6, 6.07) is 17.0. The minimum atomic E-state index is -0.957. The van der Waals surface area contributed by atoms with Crippen LogP contribution in [0.5, 0.6) is 5.75 Å². The Bertz CT molecular complexity index is 1380. The maximum absolute atomic E-state index is 13.3. The molecule has 1 aliphatic heterocycles. The summed E-state index contributed by atoms with van der Waals surface area (Å²) < 4.78 is 10.0. The topological polar surface area (TPSA) is 93.1 Å². The highest BCUT2D eigenvalue weighted by Gasteiger charge is 2.47. The number of hydrogen-bond acceptors (Lipinski definition) is 6. The van der Waals surface area contributed by atoms with Crippen LogP contribution in [-0.2, 0) is 25.5 Å². The minimum absolute atomic E-state index is 0.0617. The number of ether oxygens (including phenoxy) is 2. The van der Waals surface area contributed by atoms with Crippen LogP contribution in [0.2, 0.25) is 10.0 Å². The Morgan fingerprint density at radius 2 is 1.69 bits per heavy atom. The number of benzene rings is 3. The van der Waals surface area contributed by atoms with Gasteiger partial charge in [-0.25, -0.2) is 0 Å². The second-order valence-electron chi connectivity index (χ2n) is 7.99. The van der Waals surface area contributed by atoms with Crippen LogP contribution in [0.4, 0.5) is 5.69 Å². The number of aliphatic hydroxyl groups is 1. The molecule has 9 heteroatoms. The van der Waals surface area contributed by atoms with E-state index in [0.717, 1.165) is 0 Å². The lowest BCUT2D eigenvalue weighted by molar-refractivity contribution is -0.139. The average Bonchev–Trinajstić information content (AvgIpc) is 3.15. The van der Waals surface area contributed by atoms with E-state index in [2.05, 4.69) is 0 Å². The van der Waals surface area contributed by atoms with Crippen LogP contribution in [0.1, 0.15) is 22.7 Å². The fraction of sp³-hybridized carbons (Fsp3) is 0.148. The number of Topliss-reactive ketones (excluding diaryl/α,β-unsaturated/α-hetero) is 1. The van der Waals surface area contributed by atoms with Gasteiger partial charge in [-0.05, 0) is 53.6 Å². The molecule has 184 valence electrons. The standard InChI is InChI=1S/C27H21Cl2NO6/c1-35-19-5-3-4-16(13-19)24-23(25(32)17-8-11-20(28)21(29)14-17)26(33)27(34)30(24)18-9-6-15(7-10-18)12-22(31)36-2/h3-11,13-14,24,32H,12H2,1-2H3/b25-23-. The lowest BCUT2D eigenvalue weighted by Gasteiger charge is -2.26. The van der Waals surface area contributed by atoms with Crippen molar-refractivity contribution in [2.45, 2.75) is 12.5 Å². The smallest absolute Gasteiger partial charge is 0.309 e. The van der Waals surface area contributed by atoms with Crippen LogP contribution in [0.3, 0.4) is 0 Å². The van der Waals surface area contributed by atoms with Crippen LogP contribution in [0, 0.1) is 0 Å². The highest BCUT2D eigenvalue weighted by Crippen LogP contribution is 2.43. The molecule has 1 heterocycles. The molecule has 1 fully saturated rings. The van der Waals surface area contributed by atoms with Crippen molar-refractivity contribution in [2.24, 2.45) is 0 Å². The Morgan fingerprint density at radius 1 is 0.972 bits per heavy atom. The number of esters is 1. The first-order valence-corrected chi connectivity index (χ1v) is 11.6. The number of rotatable bonds is 6. The summed E-state index contributed by atoms with van der Waals surface area (Å²) in [6.45, 7) is 0. The summed E-state index contributed by atoms with van der Waals surface area (Å²) in [5, 5.41) is 11.7. The van der Waals surface area contributed by atoms with E-state index in [-0.39, 0.29) is 33.4 Å². The molecule has 7 nitrogen and oxygen atoms in total. The molecular weight excluding hydrogens is 505 g/mol. The molecule has 0 radical (unpaired) electrons. The van der Waals surface area contributed by atoms with Crippen LogP contribution in [0.15, 0.2) is 72.3 Å². The summed E-state index contributed by atoms with van der Waals surface area (Å²) in [5.74, 6) is -1.94. The highest BCUT2D eigenvalue weighted by atomic mass is 35.5. The van der Waals surface area contributed by atoms with Crippen molar-refractivity contribution in [1.82, 2.24) is 0 Å². The fourth-order valence-corrected chi connectivity index (χ4v) is 4.34. The van der Waals surface area contributed by atoms with Crippen molar-refractivity contribution in [2.75, 3.05) is 19.1 Å². The van der Waals surface area contributed by atoms with Gasteiger partial charge >= 0.3 is 5.97 Å². The molecular formula is C27H21Cl2NO6. The fourth-order valence-electron chi connectivity index (χ4n) is 4.04. The van der Waals surface area contributed by atoms with Gasteiger partial charge in [0.05, 0.1) is 42.3 Å². The Morgan fingerprint density at radius 3 is 2.33 bits per heavy atom. The highest BCUT2D eigenvalue weighted by molar-refractivity contribution is 6.51. The van der Waals surface area contributed by atoms with Gasteiger partial charge in [0.15, 0.2) is 0 Å². The summed E-state index contributed by atoms with van der Waals surface area (Å²) in [7, 11) is 2.81. The van der Waals surface area contributed by atoms with Crippen LogP contribution in [-0.4, -0.2) is 37.0 Å². The van der Waals surface area contributed by atoms with Crippen LogP contribution < -0.4 is 9.64 Å². The molecule has 3 aromatic rings. The summed E-state index contributed by atoms with van der Waals surface area (Å²) in [4.78, 5) is 39.5. The largest absolute Gasteiger partial charge is 0.507 e. The van der Waals surface area contributed by atoms with Crippen molar-refractivity contribution < 1.29 is 29.0 Å². The lowest BCUT2D eigenvalue weighted by atomic mass is 9.95. The monoisotopic (exact) mass is 525 g/mol. The molecule has 1 unspecified atom stereocenters. The Balaban J connectivity index is 1.87. The van der Waals surface area contributed by atoms with Crippen LogP contribution >= 0.6 is 23.2 Å². The first-order chi connectivity index (χ1) is 17.2. The predicted molar refractivity (Wildman–Crippen MR) is 136 cm³/mol. The third-order valence-corrected chi connectivity index (χ3v) is 6.58. The molecule has 0 aliphatic carbocycles. The second kappa shape index (κ2) is 10.4. The Labute approximate surface area is 217 Å². The number of aliphatic hydroxyl groups excluding tert-OH is 1. The van der Waals surface area contributed by atoms with Gasteiger partial charge in [0.1, 0.15) is 11.5 Å². The van der Waals surface area contributed by atoms with Gasteiger partial charge in [-0.1, -0.05) is 47.5 Å². The van der Waals surface area contributed by atoms with Gasteiger partial charge in [0.25, 0.3) is 11.7 Å².